The summed E-state index contributed by atoms with van der Waals surface area (Å²) >= 11 is 0. The number of fused-ring (bicyclic) bond motifs is 3. The van der Waals surface area contributed by atoms with E-state index >= 15 is 0 Å². The minimum absolute atomic E-state index is 0.303. The zero-order valence-corrected chi connectivity index (χ0v) is 32.7. The minimum atomic E-state index is 0.303. The van der Waals surface area contributed by atoms with E-state index in [0.29, 0.717) is 22.7 Å². The van der Waals surface area contributed by atoms with E-state index in [0.717, 1.165) is 42.0 Å². The van der Waals surface area contributed by atoms with E-state index in [4.69, 9.17) is 16.7 Å². The van der Waals surface area contributed by atoms with Gasteiger partial charge in [0.15, 0.2) is 5.82 Å². The number of benzene rings is 1. The van der Waals surface area contributed by atoms with Gasteiger partial charge in [0.2, 0.25) is 0 Å². The number of nitrogens with zero attached hydrogens (tertiary/aromatic N) is 5. The quantitative estimate of drug-likeness (QED) is 0.217. The number of anilines is 1. The molecule has 3 aromatic rings. The molecule has 51 heavy (non-hydrogen) atoms. The Labute approximate surface area is 309 Å². The maximum absolute atomic E-state index is 4.96. The molecule has 2 heterocycles. The topological polar surface area (TPSA) is 58.9 Å². The summed E-state index contributed by atoms with van der Waals surface area (Å²) in [5.41, 5.74) is 8.65. The summed E-state index contributed by atoms with van der Waals surface area (Å²) in [7, 11) is 0. The average molecular weight is 691 g/mol. The number of aromatic nitrogens is 4. The van der Waals surface area contributed by atoms with Crippen molar-refractivity contribution in [2.75, 3.05) is 11.4 Å². The number of nitrogens with one attached hydrogen (secondary N) is 1. The van der Waals surface area contributed by atoms with Crippen LogP contribution in [-0.2, 0) is 11.8 Å². The Kier molecular flexibility index (Phi) is 12.1. The summed E-state index contributed by atoms with van der Waals surface area (Å²) < 4.78 is 1.90. The SMILES string of the molecule is C=C(C)NC1CCCCC1.C=C(C1CCCCC1)N(CC12CCC(c3ccc(CC)c(C)c3)(CC1)CC2)c1cc(-n2cnc(C(C)C)n2)ccn1. The van der Waals surface area contributed by atoms with E-state index in [9.17, 15) is 0 Å². The molecular weight excluding hydrogens is 625 g/mol. The van der Waals surface area contributed by atoms with Crippen molar-refractivity contribution < 1.29 is 0 Å². The van der Waals surface area contributed by atoms with E-state index < -0.39 is 0 Å². The van der Waals surface area contributed by atoms with Gasteiger partial charge in [0.25, 0.3) is 0 Å². The third kappa shape index (κ3) is 8.80. The van der Waals surface area contributed by atoms with Crippen LogP contribution in [0.4, 0.5) is 5.82 Å². The van der Waals surface area contributed by atoms with Crippen molar-refractivity contribution in [1.82, 2.24) is 25.1 Å². The second kappa shape index (κ2) is 16.5. The molecule has 5 saturated carbocycles. The van der Waals surface area contributed by atoms with Gasteiger partial charge < -0.3 is 10.2 Å². The fourth-order valence-corrected chi connectivity index (χ4v) is 9.64. The van der Waals surface area contributed by atoms with Crippen LogP contribution in [0.1, 0.15) is 159 Å². The lowest BCUT2D eigenvalue weighted by molar-refractivity contribution is 0.0459. The molecule has 1 aromatic carbocycles. The van der Waals surface area contributed by atoms with Crippen LogP contribution in [0, 0.1) is 18.3 Å². The third-order valence-electron chi connectivity index (χ3n) is 13.0. The molecule has 1 N–H and O–H groups in total. The van der Waals surface area contributed by atoms with Crippen LogP contribution in [0.15, 0.2) is 67.4 Å². The number of rotatable bonds is 11. The zero-order valence-electron chi connectivity index (χ0n) is 32.7. The van der Waals surface area contributed by atoms with Crippen molar-refractivity contribution >= 4 is 5.82 Å². The average Bonchev–Trinajstić information content (AvgIpc) is 3.67. The van der Waals surface area contributed by atoms with Gasteiger partial charge in [0.1, 0.15) is 12.1 Å². The Morgan fingerprint density at radius 1 is 0.902 bits per heavy atom. The Morgan fingerprint density at radius 3 is 2.16 bits per heavy atom. The lowest BCUT2D eigenvalue weighted by Crippen LogP contribution is -2.49. The minimum Gasteiger partial charge on any atom is -0.386 e. The molecule has 5 aliphatic rings. The molecule has 276 valence electrons. The van der Waals surface area contributed by atoms with Gasteiger partial charge in [-0.1, -0.05) is 90.7 Å². The first-order chi connectivity index (χ1) is 24.6. The molecule has 5 aliphatic carbocycles. The van der Waals surface area contributed by atoms with Crippen LogP contribution >= 0.6 is 0 Å². The van der Waals surface area contributed by atoms with Gasteiger partial charge in [0, 0.05) is 42.2 Å². The molecule has 6 nitrogen and oxygen atoms in total. The maximum Gasteiger partial charge on any atom is 0.153 e. The second-order valence-electron chi connectivity index (χ2n) is 17.0. The Morgan fingerprint density at radius 2 is 1.57 bits per heavy atom. The summed E-state index contributed by atoms with van der Waals surface area (Å²) in [5.74, 6) is 2.74. The highest BCUT2D eigenvalue weighted by atomic mass is 15.3. The third-order valence-corrected chi connectivity index (χ3v) is 13.0. The number of allylic oxidation sites excluding steroid dienone is 2. The predicted molar refractivity (Wildman–Crippen MR) is 213 cm³/mol. The van der Waals surface area contributed by atoms with Gasteiger partial charge in [-0.15, -0.1) is 0 Å². The highest BCUT2D eigenvalue weighted by molar-refractivity contribution is 5.52. The molecule has 6 heteroatoms. The number of hydrogen-bond donors (Lipinski definition) is 1. The van der Waals surface area contributed by atoms with Crippen LogP contribution < -0.4 is 10.2 Å². The van der Waals surface area contributed by atoms with Crippen molar-refractivity contribution in [2.45, 2.75) is 161 Å². The van der Waals surface area contributed by atoms with E-state index in [-0.39, 0.29) is 0 Å². The van der Waals surface area contributed by atoms with E-state index in [2.05, 4.69) is 73.7 Å². The van der Waals surface area contributed by atoms with Crippen LogP contribution in [0.25, 0.3) is 5.69 Å². The Bertz CT molecular complexity index is 1600. The lowest BCUT2D eigenvalue weighted by Gasteiger charge is -2.55. The van der Waals surface area contributed by atoms with Crippen molar-refractivity contribution in [2.24, 2.45) is 11.3 Å². The van der Waals surface area contributed by atoms with Crippen LogP contribution in [0.2, 0.25) is 0 Å². The molecule has 0 saturated heterocycles. The highest BCUT2D eigenvalue weighted by Gasteiger charge is 2.50. The Balaban J connectivity index is 0.000000388. The molecule has 0 atom stereocenters. The second-order valence-corrected chi connectivity index (χ2v) is 17.0. The van der Waals surface area contributed by atoms with Gasteiger partial charge in [0.05, 0.1) is 5.69 Å². The largest absolute Gasteiger partial charge is 0.386 e. The molecule has 0 radical (unpaired) electrons. The van der Waals surface area contributed by atoms with Gasteiger partial charge in [-0.25, -0.2) is 14.6 Å². The summed E-state index contributed by atoms with van der Waals surface area (Å²) in [5, 5.41) is 8.14. The lowest BCUT2D eigenvalue weighted by atomic mass is 9.51. The molecule has 0 unspecified atom stereocenters. The standard InChI is InChI=1S/C36H49N5.C9H17N/c1-6-29-12-13-31(22-27(29)4)36-18-15-35(16-19-36,17-20-36)24-40(28(5)30-10-8-7-9-11-30)33-23-32(14-21-37-33)41-25-38-34(39-41)26(2)3;1-8(2)10-9-6-4-3-5-7-9/h12-14,21-23,25-26,30H,5-11,15-20,24H2,1-4H3;9-10H,1,3-7H2,2H3. The summed E-state index contributed by atoms with van der Waals surface area (Å²) in [6, 6.07) is 12.3. The van der Waals surface area contributed by atoms with Gasteiger partial charge in [-0.3, -0.25) is 0 Å². The normalized spacial score (nSPS) is 23.8. The first-order valence-electron chi connectivity index (χ1n) is 20.5. The zero-order chi connectivity index (χ0) is 36.0. The van der Waals surface area contributed by atoms with E-state index in [1.807, 2.05) is 30.2 Å². The van der Waals surface area contributed by atoms with Crippen molar-refractivity contribution in [3.05, 3.63) is 89.9 Å². The molecule has 5 fully saturated rings. The first kappa shape index (κ1) is 37.4. The van der Waals surface area contributed by atoms with Crippen LogP contribution in [0.5, 0.6) is 0 Å². The van der Waals surface area contributed by atoms with Gasteiger partial charge in [-0.05, 0) is 124 Å². The Hall–Kier alpha value is -3.41. The summed E-state index contributed by atoms with van der Waals surface area (Å²) in [6.07, 6.45) is 26.0. The molecular formula is C45H66N6. The molecule has 0 aliphatic heterocycles. The van der Waals surface area contributed by atoms with Crippen LogP contribution in [0.3, 0.4) is 0 Å². The number of pyridine rings is 1. The fourth-order valence-electron chi connectivity index (χ4n) is 9.64. The fraction of sp³-hybridized carbons (Fsp3) is 0.622. The summed E-state index contributed by atoms with van der Waals surface area (Å²) in [4.78, 5) is 12.0. The highest BCUT2D eigenvalue weighted by Crippen LogP contribution is 2.58. The van der Waals surface area contributed by atoms with E-state index in [1.54, 1.807) is 5.56 Å². The monoisotopic (exact) mass is 691 g/mol. The smallest absolute Gasteiger partial charge is 0.153 e. The van der Waals surface area contributed by atoms with Crippen molar-refractivity contribution in [1.29, 1.82) is 0 Å². The van der Waals surface area contributed by atoms with Crippen molar-refractivity contribution in [3.8, 4) is 5.69 Å². The molecule has 0 amide bonds. The molecule has 8 rings (SSSR count). The van der Waals surface area contributed by atoms with Crippen LogP contribution in [-0.4, -0.2) is 32.3 Å². The predicted octanol–water partition coefficient (Wildman–Crippen LogP) is 11.3. The van der Waals surface area contributed by atoms with E-state index in [1.165, 1.54) is 120 Å². The molecule has 2 aromatic heterocycles. The van der Waals surface area contributed by atoms with Gasteiger partial charge >= 0.3 is 0 Å². The van der Waals surface area contributed by atoms with Crippen molar-refractivity contribution in [3.63, 3.8) is 0 Å². The molecule has 0 spiro atoms. The number of aryl methyl sites for hydroxylation is 2. The van der Waals surface area contributed by atoms with Gasteiger partial charge in [-0.2, -0.15) is 5.10 Å². The number of hydrogen-bond acceptors (Lipinski definition) is 5. The maximum atomic E-state index is 4.96. The first-order valence-corrected chi connectivity index (χ1v) is 20.5. The summed E-state index contributed by atoms with van der Waals surface area (Å²) in [6.45, 7) is 20.5. The molecule has 2 bridgehead atoms.